The van der Waals surface area contributed by atoms with Crippen LogP contribution in [0.4, 0.5) is 0 Å². The molecule has 1 saturated carbocycles. The minimum atomic E-state index is -0.387. The highest BCUT2D eigenvalue weighted by Gasteiger charge is 2.27. The summed E-state index contributed by atoms with van der Waals surface area (Å²) in [6.07, 6.45) is 3.77. The molecule has 1 aromatic carbocycles. The molecule has 162 valence electrons. The van der Waals surface area contributed by atoms with Gasteiger partial charge in [-0.1, -0.05) is 6.07 Å². The molecule has 2 aliphatic rings. The van der Waals surface area contributed by atoms with Gasteiger partial charge in [0.15, 0.2) is 5.17 Å². The molecule has 1 aliphatic heterocycles. The van der Waals surface area contributed by atoms with Gasteiger partial charge in [-0.2, -0.15) is 10.3 Å². The smallest absolute Gasteiger partial charge is 0.258 e. The minimum absolute atomic E-state index is 0.0885. The third-order valence-electron chi connectivity index (χ3n) is 4.81. The number of carbonyl (C=O) groups excluding carboxylic acids is 1. The van der Waals surface area contributed by atoms with Crippen molar-refractivity contribution in [2.24, 2.45) is 4.99 Å². The fourth-order valence-corrected chi connectivity index (χ4v) is 4.79. The van der Waals surface area contributed by atoms with Gasteiger partial charge in [0.1, 0.15) is 24.0 Å². The number of methoxy groups -OCH3 is 1. The lowest BCUT2D eigenvalue weighted by Gasteiger charge is -2.12. The fraction of sp³-hybridized carbons (Fsp3) is 0.409. The third-order valence-corrected chi connectivity index (χ3v) is 6.63. The van der Waals surface area contributed by atoms with Crippen molar-refractivity contribution in [1.82, 2.24) is 10.3 Å². The zero-order valence-corrected chi connectivity index (χ0v) is 18.1. The molecule has 0 bridgehead atoms. The molecule has 1 N–H and O–H groups in total. The number of aliphatic imine (C=N–C) groups is 1. The summed E-state index contributed by atoms with van der Waals surface area (Å²) in [5.74, 6) is 0.800. The van der Waals surface area contributed by atoms with Crippen LogP contribution < -0.4 is 10.1 Å². The van der Waals surface area contributed by atoms with Crippen molar-refractivity contribution >= 4 is 37.8 Å². The van der Waals surface area contributed by atoms with Gasteiger partial charge in [0.25, 0.3) is 5.91 Å². The highest BCUT2D eigenvalue weighted by molar-refractivity contribution is 8.28. The summed E-state index contributed by atoms with van der Waals surface area (Å²) in [4.78, 5) is 20.4. The van der Waals surface area contributed by atoms with Crippen LogP contribution in [0.2, 0.25) is 0 Å². The lowest BCUT2D eigenvalue weighted by Crippen LogP contribution is -2.22. The highest BCUT2D eigenvalue weighted by atomic mass is 32.2. The van der Waals surface area contributed by atoms with Crippen LogP contribution >= 0.6 is 10.5 Å². The molecule has 31 heavy (non-hydrogen) atoms. The largest absolute Gasteiger partial charge is 0.489 e. The number of amidine groups is 1. The number of rotatable bonds is 9. The molecular formula is C22H24N4O4S. The zero-order valence-electron chi connectivity index (χ0n) is 17.3. The van der Waals surface area contributed by atoms with Crippen molar-refractivity contribution in [2.45, 2.75) is 18.9 Å². The van der Waals surface area contributed by atoms with E-state index in [0.29, 0.717) is 49.5 Å². The number of nitriles is 1. The number of ether oxygens (including phenoxy) is 3. The SMILES string of the molecule is COCCOCCOc1c(C#N)cnc2ccc(/C=S3/CC(=O)N=C3NC3CC3)cc12. The van der Waals surface area contributed by atoms with Crippen LogP contribution in [0.15, 0.2) is 29.4 Å². The standard InChI is InChI=1S/C22H24N4O4S/c1-28-6-7-29-8-9-30-21-16(11-23)12-24-19-5-2-15(10-18(19)21)13-31-14-20(27)26-22(31)25-17-3-4-17/h2,5,10,12-13,17H,3-4,6-9,14H2,1H3,(H,25,26,27). The summed E-state index contributed by atoms with van der Waals surface area (Å²) in [5.41, 5.74) is 2.05. The Labute approximate surface area is 183 Å². The van der Waals surface area contributed by atoms with Gasteiger partial charge in [0.2, 0.25) is 0 Å². The predicted octanol–water partition coefficient (Wildman–Crippen LogP) is 2.22. The van der Waals surface area contributed by atoms with Crippen molar-refractivity contribution in [3.63, 3.8) is 0 Å². The van der Waals surface area contributed by atoms with Crippen molar-refractivity contribution in [3.8, 4) is 11.8 Å². The van der Waals surface area contributed by atoms with E-state index in [2.05, 4.69) is 26.7 Å². The van der Waals surface area contributed by atoms with Gasteiger partial charge in [-0.25, -0.2) is 0 Å². The maximum atomic E-state index is 11.9. The number of aromatic nitrogens is 1. The third kappa shape index (κ3) is 5.47. The molecule has 2 heterocycles. The lowest BCUT2D eigenvalue weighted by atomic mass is 10.1. The molecule has 0 radical (unpaired) electrons. The number of fused-ring (bicyclic) bond motifs is 1. The van der Waals surface area contributed by atoms with Crippen LogP contribution in [0.3, 0.4) is 0 Å². The summed E-state index contributed by atoms with van der Waals surface area (Å²) in [7, 11) is 1.23. The first-order chi connectivity index (χ1) is 15.2. The normalized spacial score (nSPS) is 18.3. The molecule has 1 fully saturated rings. The summed E-state index contributed by atoms with van der Waals surface area (Å²) in [6.45, 7) is 1.71. The molecule has 8 nitrogen and oxygen atoms in total. The van der Waals surface area contributed by atoms with Gasteiger partial charge in [0, 0.05) is 24.7 Å². The number of hydrogen-bond donors (Lipinski definition) is 1. The van der Waals surface area contributed by atoms with Crippen molar-refractivity contribution < 1.29 is 19.0 Å². The van der Waals surface area contributed by atoms with E-state index in [9.17, 15) is 10.1 Å². The van der Waals surface area contributed by atoms with E-state index in [-0.39, 0.29) is 16.4 Å². The Hall–Kier alpha value is -2.80. The fourth-order valence-electron chi connectivity index (χ4n) is 3.12. The number of benzene rings is 1. The van der Waals surface area contributed by atoms with Crippen LogP contribution in [0.25, 0.3) is 10.9 Å². The van der Waals surface area contributed by atoms with Crippen molar-refractivity contribution in [2.75, 3.05) is 39.3 Å². The van der Waals surface area contributed by atoms with Crippen LogP contribution in [0, 0.1) is 11.3 Å². The van der Waals surface area contributed by atoms with Gasteiger partial charge < -0.3 is 19.5 Å². The molecule has 0 saturated heterocycles. The van der Waals surface area contributed by atoms with E-state index in [4.69, 9.17) is 14.2 Å². The Kier molecular flexibility index (Phi) is 6.92. The van der Waals surface area contributed by atoms with E-state index >= 15 is 0 Å². The topological polar surface area (TPSA) is 106 Å². The monoisotopic (exact) mass is 440 g/mol. The number of pyridine rings is 1. The molecule has 1 aromatic heterocycles. The van der Waals surface area contributed by atoms with E-state index in [1.54, 1.807) is 7.11 Å². The highest BCUT2D eigenvalue weighted by Crippen LogP contribution is 2.31. The first kappa shape index (κ1) is 21.4. The molecule has 2 aromatic rings. The Morgan fingerprint density at radius 2 is 2.13 bits per heavy atom. The van der Waals surface area contributed by atoms with E-state index in [0.717, 1.165) is 34.5 Å². The number of nitrogens with zero attached hydrogens (tertiary/aromatic N) is 3. The van der Waals surface area contributed by atoms with Crippen LogP contribution in [-0.4, -0.2) is 66.8 Å². The first-order valence-corrected chi connectivity index (χ1v) is 11.6. The summed E-state index contributed by atoms with van der Waals surface area (Å²) in [5, 5.41) is 16.5. The average molecular weight is 441 g/mol. The van der Waals surface area contributed by atoms with Gasteiger partial charge in [0.05, 0.1) is 31.1 Å². The second-order valence-corrected chi connectivity index (χ2v) is 9.03. The maximum absolute atomic E-state index is 11.9. The average Bonchev–Trinajstić information content (AvgIpc) is 3.52. The Bertz CT molecular complexity index is 1090. The molecule has 9 heteroatoms. The van der Waals surface area contributed by atoms with Crippen LogP contribution in [0.5, 0.6) is 5.75 Å². The van der Waals surface area contributed by atoms with Crippen molar-refractivity contribution in [1.29, 1.82) is 5.26 Å². The van der Waals surface area contributed by atoms with E-state index in [1.165, 1.54) is 6.20 Å². The Balaban J connectivity index is 1.57. The molecular weight excluding hydrogens is 416 g/mol. The van der Waals surface area contributed by atoms with Gasteiger partial charge in [-0.15, -0.1) is 10.5 Å². The van der Waals surface area contributed by atoms with Crippen molar-refractivity contribution in [3.05, 3.63) is 35.5 Å². The lowest BCUT2D eigenvalue weighted by molar-refractivity contribution is -0.115. The number of amides is 1. The number of nitrogens with one attached hydrogen (secondary N) is 1. The van der Waals surface area contributed by atoms with E-state index in [1.807, 2.05) is 18.2 Å². The zero-order chi connectivity index (χ0) is 21.6. The molecule has 1 aliphatic carbocycles. The summed E-state index contributed by atoms with van der Waals surface area (Å²) < 4.78 is 16.3. The molecule has 1 unspecified atom stereocenters. The summed E-state index contributed by atoms with van der Waals surface area (Å²) in [6, 6.07) is 8.41. The summed E-state index contributed by atoms with van der Waals surface area (Å²) >= 11 is 0. The van der Waals surface area contributed by atoms with Gasteiger partial charge >= 0.3 is 0 Å². The first-order valence-electron chi connectivity index (χ1n) is 10.1. The number of carbonyl (C=O) groups is 1. The Morgan fingerprint density at radius 1 is 1.29 bits per heavy atom. The van der Waals surface area contributed by atoms with E-state index < -0.39 is 0 Å². The second kappa shape index (κ2) is 10.0. The van der Waals surface area contributed by atoms with Gasteiger partial charge in [-0.05, 0) is 35.9 Å². The van der Waals surface area contributed by atoms with Crippen LogP contribution in [0.1, 0.15) is 24.0 Å². The maximum Gasteiger partial charge on any atom is 0.258 e. The minimum Gasteiger partial charge on any atom is -0.489 e. The quantitative estimate of drug-likeness (QED) is 0.471. The molecule has 0 spiro atoms. The second-order valence-electron chi connectivity index (χ2n) is 7.26. The molecule has 1 amide bonds. The van der Waals surface area contributed by atoms with Gasteiger partial charge in [-0.3, -0.25) is 9.78 Å². The number of hydrogen-bond acceptors (Lipinski definition) is 7. The predicted molar refractivity (Wildman–Crippen MR) is 121 cm³/mol. The molecule has 4 rings (SSSR count). The van der Waals surface area contributed by atoms with Crippen LogP contribution in [-0.2, 0) is 14.3 Å². The Morgan fingerprint density at radius 3 is 2.90 bits per heavy atom. The molecule has 1 atom stereocenters.